The Balaban J connectivity index is 1.55. The molecule has 0 radical (unpaired) electrons. The number of fused-ring (bicyclic) bond motifs is 1. The number of carbonyl (C=O) groups excluding carboxylic acids is 2. The molecule has 7 heteroatoms. The minimum atomic E-state index is -0.158. The Morgan fingerprint density at radius 1 is 1.35 bits per heavy atom. The molecule has 0 bridgehead atoms. The summed E-state index contributed by atoms with van der Waals surface area (Å²) in [6.07, 6.45) is 3.30. The predicted molar refractivity (Wildman–Crippen MR) is 76.8 cm³/mol. The van der Waals surface area contributed by atoms with Gasteiger partial charge in [-0.25, -0.2) is 4.79 Å². The minimum Gasteiger partial charge on any atom is -0.463 e. The van der Waals surface area contributed by atoms with Gasteiger partial charge in [-0.3, -0.25) is 4.79 Å². The molecular formula is C13H22N2O4S. The Labute approximate surface area is 123 Å². The monoisotopic (exact) mass is 302 g/mol. The van der Waals surface area contributed by atoms with E-state index in [-0.39, 0.29) is 24.1 Å². The summed E-state index contributed by atoms with van der Waals surface area (Å²) in [5.74, 6) is 0.822. The molecule has 2 aliphatic heterocycles. The van der Waals surface area contributed by atoms with Gasteiger partial charge in [-0.1, -0.05) is 6.42 Å². The summed E-state index contributed by atoms with van der Waals surface area (Å²) in [4.78, 5) is 22.6. The van der Waals surface area contributed by atoms with Crippen LogP contribution >= 0.6 is 11.8 Å². The summed E-state index contributed by atoms with van der Waals surface area (Å²) in [5.41, 5.74) is 0. The molecule has 0 aromatic rings. The van der Waals surface area contributed by atoms with Crippen molar-refractivity contribution in [2.75, 3.05) is 26.1 Å². The van der Waals surface area contributed by atoms with Crippen LogP contribution in [0.3, 0.4) is 0 Å². The fourth-order valence-corrected chi connectivity index (χ4v) is 4.11. The number of unbranched alkanes of at least 4 members (excludes halogenated alkanes) is 1. The fraction of sp³-hybridized carbons (Fsp3) is 0.846. The second-order valence-electron chi connectivity index (χ2n) is 5.08. The van der Waals surface area contributed by atoms with Gasteiger partial charge >= 0.3 is 12.0 Å². The van der Waals surface area contributed by atoms with Crippen molar-refractivity contribution >= 4 is 23.8 Å². The number of hydrogen-bond acceptors (Lipinski definition) is 5. The highest BCUT2D eigenvalue weighted by Crippen LogP contribution is 2.33. The predicted octanol–water partition coefficient (Wildman–Crippen LogP) is 0.902. The molecule has 2 heterocycles. The van der Waals surface area contributed by atoms with Crippen LogP contribution in [0.4, 0.5) is 4.79 Å². The SMILES string of the molecule is COCCOC(=O)CCCCC1SCC2NC(=O)NC21. The van der Waals surface area contributed by atoms with Crippen molar-refractivity contribution in [3.8, 4) is 0 Å². The Hall–Kier alpha value is -0.950. The number of ether oxygens (including phenoxy) is 2. The van der Waals surface area contributed by atoms with E-state index in [4.69, 9.17) is 9.47 Å². The minimum absolute atomic E-state index is 0.0491. The number of carbonyl (C=O) groups is 2. The number of thioether (sulfide) groups is 1. The number of methoxy groups -OCH3 is 1. The van der Waals surface area contributed by atoms with Crippen LogP contribution in [0.15, 0.2) is 0 Å². The van der Waals surface area contributed by atoms with Gasteiger partial charge in [0, 0.05) is 24.5 Å². The lowest BCUT2D eigenvalue weighted by molar-refractivity contribution is -0.145. The zero-order valence-corrected chi connectivity index (χ0v) is 12.5. The second-order valence-corrected chi connectivity index (χ2v) is 6.35. The summed E-state index contributed by atoms with van der Waals surface area (Å²) in [7, 11) is 1.58. The van der Waals surface area contributed by atoms with Crippen LogP contribution < -0.4 is 10.6 Å². The molecule has 2 saturated heterocycles. The van der Waals surface area contributed by atoms with E-state index in [0.717, 1.165) is 25.0 Å². The third-order valence-corrected chi connectivity index (χ3v) is 5.12. The average molecular weight is 302 g/mol. The first-order valence-electron chi connectivity index (χ1n) is 7.04. The molecule has 2 aliphatic rings. The van der Waals surface area contributed by atoms with Crippen LogP contribution in [0.2, 0.25) is 0 Å². The number of amides is 2. The molecule has 0 aliphatic carbocycles. The third kappa shape index (κ3) is 4.28. The van der Waals surface area contributed by atoms with Crippen LogP contribution in [0.1, 0.15) is 25.7 Å². The van der Waals surface area contributed by atoms with Crippen LogP contribution in [0.25, 0.3) is 0 Å². The Morgan fingerprint density at radius 3 is 3.00 bits per heavy atom. The van der Waals surface area contributed by atoms with E-state index in [9.17, 15) is 9.59 Å². The lowest BCUT2D eigenvalue weighted by Gasteiger charge is -2.16. The van der Waals surface area contributed by atoms with E-state index in [2.05, 4.69) is 10.6 Å². The average Bonchev–Trinajstić information content (AvgIpc) is 2.95. The quantitative estimate of drug-likeness (QED) is 0.396. The van der Waals surface area contributed by atoms with Gasteiger partial charge in [0.2, 0.25) is 0 Å². The molecule has 2 fully saturated rings. The molecule has 114 valence electrons. The topological polar surface area (TPSA) is 76.7 Å². The Kier molecular flexibility index (Phi) is 5.97. The van der Waals surface area contributed by atoms with E-state index >= 15 is 0 Å². The first kappa shape index (κ1) is 15.4. The zero-order chi connectivity index (χ0) is 14.4. The van der Waals surface area contributed by atoms with Crippen molar-refractivity contribution in [1.82, 2.24) is 10.6 Å². The fourth-order valence-electron chi connectivity index (χ4n) is 2.57. The number of rotatable bonds is 8. The first-order valence-corrected chi connectivity index (χ1v) is 8.09. The van der Waals surface area contributed by atoms with Crippen molar-refractivity contribution < 1.29 is 19.1 Å². The van der Waals surface area contributed by atoms with Crippen molar-refractivity contribution in [3.05, 3.63) is 0 Å². The molecule has 2 rings (SSSR count). The molecule has 20 heavy (non-hydrogen) atoms. The zero-order valence-electron chi connectivity index (χ0n) is 11.7. The molecule has 6 nitrogen and oxygen atoms in total. The maximum absolute atomic E-state index is 11.4. The molecule has 2 N–H and O–H groups in total. The van der Waals surface area contributed by atoms with Crippen LogP contribution in [-0.2, 0) is 14.3 Å². The van der Waals surface area contributed by atoms with Gasteiger partial charge in [0.1, 0.15) is 6.61 Å². The Bertz CT molecular complexity index is 353. The maximum atomic E-state index is 11.4. The highest BCUT2D eigenvalue weighted by Gasteiger charge is 2.42. The van der Waals surface area contributed by atoms with E-state index in [1.54, 1.807) is 7.11 Å². The van der Waals surface area contributed by atoms with Crippen LogP contribution in [-0.4, -0.2) is 55.4 Å². The van der Waals surface area contributed by atoms with Gasteiger partial charge in [-0.15, -0.1) is 0 Å². The van der Waals surface area contributed by atoms with E-state index in [0.29, 0.717) is 24.9 Å². The number of hydrogen-bond donors (Lipinski definition) is 2. The third-order valence-electron chi connectivity index (χ3n) is 3.61. The summed E-state index contributed by atoms with van der Waals surface area (Å²) >= 11 is 1.90. The van der Waals surface area contributed by atoms with Gasteiger partial charge in [0.15, 0.2) is 0 Å². The lowest BCUT2D eigenvalue weighted by atomic mass is 10.0. The molecule has 3 unspecified atom stereocenters. The van der Waals surface area contributed by atoms with Gasteiger partial charge in [-0.05, 0) is 12.8 Å². The normalized spacial score (nSPS) is 27.9. The molecule has 3 atom stereocenters. The van der Waals surface area contributed by atoms with E-state index in [1.165, 1.54) is 0 Å². The first-order chi connectivity index (χ1) is 9.70. The second kappa shape index (κ2) is 7.73. The summed E-state index contributed by atoms with van der Waals surface area (Å²) < 4.78 is 9.82. The maximum Gasteiger partial charge on any atom is 0.315 e. The summed E-state index contributed by atoms with van der Waals surface area (Å²) in [5, 5.41) is 6.36. The molecular weight excluding hydrogens is 280 g/mol. The van der Waals surface area contributed by atoms with Gasteiger partial charge < -0.3 is 20.1 Å². The Morgan fingerprint density at radius 2 is 2.20 bits per heavy atom. The standard InChI is InChI=1S/C13H22N2O4S/c1-18-6-7-19-11(16)5-3-2-4-10-12-9(8-20-10)14-13(17)15-12/h9-10,12H,2-8H2,1H3,(H2,14,15,17). The van der Waals surface area contributed by atoms with Crippen molar-refractivity contribution in [1.29, 1.82) is 0 Å². The van der Waals surface area contributed by atoms with Crippen LogP contribution in [0.5, 0.6) is 0 Å². The largest absolute Gasteiger partial charge is 0.463 e. The molecule has 2 amide bonds. The molecule has 0 aromatic heterocycles. The van der Waals surface area contributed by atoms with Gasteiger partial charge in [-0.2, -0.15) is 11.8 Å². The number of esters is 1. The van der Waals surface area contributed by atoms with Gasteiger partial charge in [0.05, 0.1) is 18.7 Å². The smallest absolute Gasteiger partial charge is 0.315 e. The van der Waals surface area contributed by atoms with E-state index in [1.807, 2.05) is 11.8 Å². The molecule has 0 spiro atoms. The highest BCUT2D eigenvalue weighted by atomic mass is 32.2. The van der Waals surface area contributed by atoms with Crippen molar-refractivity contribution in [3.63, 3.8) is 0 Å². The molecule has 0 saturated carbocycles. The van der Waals surface area contributed by atoms with Gasteiger partial charge in [0.25, 0.3) is 0 Å². The van der Waals surface area contributed by atoms with Crippen molar-refractivity contribution in [2.24, 2.45) is 0 Å². The highest BCUT2D eigenvalue weighted by molar-refractivity contribution is 8.00. The number of nitrogens with one attached hydrogen (secondary N) is 2. The van der Waals surface area contributed by atoms with Crippen molar-refractivity contribution in [2.45, 2.75) is 43.0 Å². The number of urea groups is 1. The van der Waals surface area contributed by atoms with Crippen LogP contribution in [0, 0.1) is 0 Å². The summed E-state index contributed by atoms with van der Waals surface area (Å²) in [6.45, 7) is 0.773. The van der Waals surface area contributed by atoms with E-state index < -0.39 is 0 Å². The summed E-state index contributed by atoms with van der Waals surface area (Å²) in [6, 6.07) is 0.477. The lowest BCUT2D eigenvalue weighted by Crippen LogP contribution is -2.36. The molecule has 0 aromatic carbocycles.